The van der Waals surface area contributed by atoms with Crippen molar-refractivity contribution in [1.29, 1.82) is 0 Å². The van der Waals surface area contributed by atoms with Crippen LogP contribution >= 0.6 is 11.6 Å². The number of piperazine rings is 1. The molecule has 0 bridgehead atoms. The summed E-state index contributed by atoms with van der Waals surface area (Å²) in [6, 6.07) is 16.0. The molecule has 0 unspecified atom stereocenters. The van der Waals surface area contributed by atoms with Crippen LogP contribution in [0.25, 0.3) is 0 Å². The number of hydrogen-bond donors (Lipinski definition) is 1. The first-order valence-electron chi connectivity index (χ1n) is 8.70. The van der Waals surface area contributed by atoms with Gasteiger partial charge in [-0.15, -0.1) is 0 Å². The summed E-state index contributed by atoms with van der Waals surface area (Å²) in [6.45, 7) is 6.72. The highest BCUT2D eigenvalue weighted by molar-refractivity contribution is 6.30. The van der Waals surface area contributed by atoms with Gasteiger partial charge in [0.25, 0.3) is 0 Å². The smallest absolute Gasteiger partial charge is 0.225 e. The number of halogens is 1. The van der Waals surface area contributed by atoms with E-state index in [1.165, 1.54) is 5.69 Å². The molecule has 4 nitrogen and oxygen atoms in total. The summed E-state index contributed by atoms with van der Waals surface area (Å²) in [4.78, 5) is 16.9. The second-order valence-electron chi connectivity index (χ2n) is 6.42. The zero-order valence-corrected chi connectivity index (χ0v) is 15.3. The molecule has 1 aliphatic heterocycles. The predicted octanol–water partition coefficient (Wildman–Crippen LogP) is 3.80. The third-order valence-corrected chi connectivity index (χ3v) is 4.85. The largest absolute Gasteiger partial charge is 0.369 e. The Morgan fingerprint density at radius 3 is 2.48 bits per heavy atom. The van der Waals surface area contributed by atoms with Crippen molar-refractivity contribution in [3.05, 3.63) is 59.1 Å². The molecule has 1 heterocycles. The van der Waals surface area contributed by atoms with Gasteiger partial charge in [0.1, 0.15) is 0 Å². The first-order chi connectivity index (χ1) is 12.1. The van der Waals surface area contributed by atoms with Gasteiger partial charge in [-0.05, 0) is 42.8 Å². The van der Waals surface area contributed by atoms with Gasteiger partial charge in [0.2, 0.25) is 5.91 Å². The van der Waals surface area contributed by atoms with Crippen molar-refractivity contribution in [3.63, 3.8) is 0 Å². The summed E-state index contributed by atoms with van der Waals surface area (Å²) >= 11 is 5.95. The van der Waals surface area contributed by atoms with E-state index in [1.807, 2.05) is 25.1 Å². The van der Waals surface area contributed by atoms with Gasteiger partial charge in [-0.3, -0.25) is 9.69 Å². The van der Waals surface area contributed by atoms with Crippen LogP contribution in [0.4, 0.5) is 11.4 Å². The zero-order valence-electron chi connectivity index (χ0n) is 14.5. The maximum absolute atomic E-state index is 12.2. The number of amides is 1. The van der Waals surface area contributed by atoms with Crippen molar-refractivity contribution in [3.8, 4) is 0 Å². The lowest BCUT2D eigenvalue weighted by Gasteiger charge is -2.36. The van der Waals surface area contributed by atoms with E-state index in [4.69, 9.17) is 11.6 Å². The Hall–Kier alpha value is -2.04. The van der Waals surface area contributed by atoms with Crippen molar-refractivity contribution in [1.82, 2.24) is 4.90 Å². The number of aryl methyl sites for hydroxylation is 1. The fourth-order valence-corrected chi connectivity index (χ4v) is 3.33. The molecule has 0 saturated carbocycles. The lowest BCUT2D eigenvalue weighted by atomic mass is 10.2. The van der Waals surface area contributed by atoms with Gasteiger partial charge in [-0.1, -0.05) is 29.8 Å². The number of para-hydroxylation sites is 1. The van der Waals surface area contributed by atoms with Gasteiger partial charge < -0.3 is 10.2 Å². The Morgan fingerprint density at radius 2 is 1.80 bits per heavy atom. The van der Waals surface area contributed by atoms with Gasteiger partial charge in [-0.25, -0.2) is 0 Å². The maximum Gasteiger partial charge on any atom is 0.225 e. The normalized spacial score (nSPS) is 15.2. The van der Waals surface area contributed by atoms with E-state index in [0.717, 1.165) is 44.0 Å². The van der Waals surface area contributed by atoms with E-state index >= 15 is 0 Å². The van der Waals surface area contributed by atoms with E-state index in [9.17, 15) is 4.79 Å². The van der Waals surface area contributed by atoms with Crippen LogP contribution in [-0.2, 0) is 4.79 Å². The Kier molecular flexibility index (Phi) is 5.95. The Balaban J connectivity index is 1.43. The average Bonchev–Trinajstić information content (AvgIpc) is 2.63. The van der Waals surface area contributed by atoms with Crippen LogP contribution < -0.4 is 10.2 Å². The second-order valence-corrected chi connectivity index (χ2v) is 6.86. The Labute approximate surface area is 154 Å². The van der Waals surface area contributed by atoms with Crippen molar-refractivity contribution < 1.29 is 4.79 Å². The molecule has 2 aromatic rings. The summed E-state index contributed by atoms with van der Waals surface area (Å²) < 4.78 is 0. The molecule has 1 aliphatic rings. The van der Waals surface area contributed by atoms with Crippen LogP contribution in [0.3, 0.4) is 0 Å². The summed E-state index contributed by atoms with van der Waals surface area (Å²) in [6.07, 6.45) is 0.507. The van der Waals surface area contributed by atoms with Crippen molar-refractivity contribution in [2.75, 3.05) is 42.9 Å². The van der Waals surface area contributed by atoms with Crippen LogP contribution in [-0.4, -0.2) is 43.5 Å². The molecule has 2 aromatic carbocycles. The molecular weight excluding hydrogens is 334 g/mol. The topological polar surface area (TPSA) is 35.6 Å². The molecule has 1 amide bonds. The van der Waals surface area contributed by atoms with Crippen LogP contribution in [0.2, 0.25) is 5.02 Å². The molecule has 0 spiro atoms. The number of rotatable bonds is 5. The van der Waals surface area contributed by atoms with Crippen LogP contribution in [0.15, 0.2) is 48.5 Å². The highest BCUT2D eigenvalue weighted by Gasteiger charge is 2.17. The average molecular weight is 358 g/mol. The molecule has 0 radical (unpaired) electrons. The highest BCUT2D eigenvalue weighted by Crippen LogP contribution is 2.20. The van der Waals surface area contributed by atoms with Gasteiger partial charge >= 0.3 is 0 Å². The molecule has 0 aromatic heterocycles. The number of nitrogens with one attached hydrogen (secondary N) is 1. The molecule has 1 N–H and O–H groups in total. The number of carbonyl (C=O) groups is 1. The summed E-state index contributed by atoms with van der Waals surface area (Å²) in [5.41, 5.74) is 3.10. The number of carbonyl (C=O) groups excluding carboxylic acids is 1. The second kappa shape index (κ2) is 8.37. The number of anilines is 2. The number of nitrogens with zero attached hydrogens (tertiary/aromatic N) is 2. The number of hydrogen-bond acceptors (Lipinski definition) is 3. The zero-order chi connectivity index (χ0) is 17.6. The van der Waals surface area contributed by atoms with Gasteiger partial charge in [0.05, 0.1) is 0 Å². The molecule has 3 rings (SSSR count). The third kappa shape index (κ3) is 4.97. The van der Waals surface area contributed by atoms with Gasteiger partial charge in [0.15, 0.2) is 0 Å². The minimum absolute atomic E-state index is 0.0518. The molecular formula is C20H24ClN3O. The molecule has 0 atom stereocenters. The van der Waals surface area contributed by atoms with Crippen LogP contribution in [0.5, 0.6) is 0 Å². The van der Waals surface area contributed by atoms with E-state index in [-0.39, 0.29) is 5.91 Å². The monoisotopic (exact) mass is 357 g/mol. The quantitative estimate of drug-likeness (QED) is 0.884. The molecule has 0 aliphatic carbocycles. The van der Waals surface area contributed by atoms with E-state index < -0.39 is 0 Å². The molecule has 25 heavy (non-hydrogen) atoms. The van der Waals surface area contributed by atoms with Crippen LogP contribution in [0, 0.1) is 6.92 Å². The minimum Gasteiger partial charge on any atom is -0.369 e. The van der Waals surface area contributed by atoms with Crippen molar-refractivity contribution in [2.24, 2.45) is 0 Å². The third-order valence-electron chi connectivity index (χ3n) is 4.61. The summed E-state index contributed by atoms with van der Waals surface area (Å²) in [7, 11) is 0. The first kappa shape index (κ1) is 17.8. The predicted molar refractivity (Wildman–Crippen MR) is 105 cm³/mol. The van der Waals surface area contributed by atoms with Gasteiger partial charge in [-0.2, -0.15) is 0 Å². The fraction of sp³-hybridized carbons (Fsp3) is 0.350. The lowest BCUT2D eigenvalue weighted by Crippen LogP contribution is -2.47. The van der Waals surface area contributed by atoms with Crippen LogP contribution in [0.1, 0.15) is 12.0 Å². The van der Waals surface area contributed by atoms with Crippen molar-refractivity contribution in [2.45, 2.75) is 13.3 Å². The lowest BCUT2D eigenvalue weighted by molar-refractivity contribution is -0.116. The Morgan fingerprint density at radius 1 is 1.08 bits per heavy atom. The van der Waals surface area contributed by atoms with Crippen molar-refractivity contribution >= 4 is 28.9 Å². The number of benzene rings is 2. The standard InChI is InChI=1S/C20H24ClN3O/c1-16-15-17(21)7-8-19(16)22-20(25)9-10-23-11-13-24(14-12-23)18-5-3-2-4-6-18/h2-8,15H,9-14H2,1H3,(H,22,25). The van der Waals surface area contributed by atoms with E-state index in [2.05, 4.69) is 39.4 Å². The summed E-state index contributed by atoms with van der Waals surface area (Å²) in [5, 5.41) is 3.66. The Bertz CT molecular complexity index is 712. The molecule has 132 valence electrons. The first-order valence-corrected chi connectivity index (χ1v) is 9.08. The minimum atomic E-state index is 0.0518. The van der Waals surface area contributed by atoms with E-state index in [1.54, 1.807) is 6.07 Å². The molecule has 1 fully saturated rings. The fourth-order valence-electron chi connectivity index (χ4n) is 3.11. The molecule has 1 saturated heterocycles. The highest BCUT2D eigenvalue weighted by atomic mass is 35.5. The molecule has 5 heteroatoms. The SMILES string of the molecule is Cc1cc(Cl)ccc1NC(=O)CCN1CCN(c2ccccc2)CC1. The summed E-state index contributed by atoms with van der Waals surface area (Å²) in [5.74, 6) is 0.0518. The van der Waals surface area contributed by atoms with Gasteiger partial charge in [0, 0.05) is 55.5 Å². The maximum atomic E-state index is 12.2. The van der Waals surface area contributed by atoms with E-state index in [0.29, 0.717) is 11.4 Å².